The van der Waals surface area contributed by atoms with Crippen LogP contribution in [-0.4, -0.2) is 41.6 Å². The van der Waals surface area contributed by atoms with Crippen molar-refractivity contribution in [2.24, 2.45) is 5.92 Å². The van der Waals surface area contributed by atoms with Crippen molar-refractivity contribution in [1.29, 1.82) is 0 Å². The van der Waals surface area contributed by atoms with Gasteiger partial charge in [0.2, 0.25) is 5.91 Å². The number of ether oxygens (including phenoxy) is 1. The molecule has 0 aliphatic carbocycles. The summed E-state index contributed by atoms with van der Waals surface area (Å²) in [6.07, 6.45) is 1.37. The monoisotopic (exact) mass is 305 g/mol. The fourth-order valence-electron chi connectivity index (χ4n) is 3.07. The Bertz CT molecular complexity index is 540. The summed E-state index contributed by atoms with van der Waals surface area (Å²) >= 11 is 0. The average molecular weight is 305 g/mol. The largest absolute Gasteiger partial charge is 0.497 e. The summed E-state index contributed by atoms with van der Waals surface area (Å²) in [4.78, 5) is 25.7. The van der Waals surface area contributed by atoms with Crippen molar-refractivity contribution < 1.29 is 19.4 Å². The highest BCUT2D eigenvalue weighted by molar-refractivity contribution is 5.84. The van der Waals surface area contributed by atoms with Crippen molar-refractivity contribution in [2.75, 3.05) is 13.7 Å². The minimum absolute atomic E-state index is 0.0105. The summed E-state index contributed by atoms with van der Waals surface area (Å²) in [5.41, 5.74) is 0.912. The zero-order valence-corrected chi connectivity index (χ0v) is 13.3. The van der Waals surface area contributed by atoms with Gasteiger partial charge in [0.05, 0.1) is 18.9 Å². The molecule has 1 fully saturated rings. The van der Waals surface area contributed by atoms with Crippen molar-refractivity contribution in [3.05, 3.63) is 29.8 Å². The third kappa shape index (κ3) is 3.24. The molecule has 1 aromatic rings. The van der Waals surface area contributed by atoms with Crippen LogP contribution >= 0.6 is 0 Å². The van der Waals surface area contributed by atoms with Gasteiger partial charge in [-0.2, -0.15) is 0 Å². The second-order valence-corrected chi connectivity index (χ2v) is 5.85. The molecule has 5 nitrogen and oxygen atoms in total. The Morgan fingerprint density at radius 3 is 2.50 bits per heavy atom. The molecule has 22 heavy (non-hydrogen) atoms. The minimum Gasteiger partial charge on any atom is -0.497 e. The molecular weight excluding hydrogens is 282 g/mol. The highest BCUT2D eigenvalue weighted by Crippen LogP contribution is 2.28. The molecule has 2 rings (SSSR count). The number of aliphatic carboxylic acids is 1. The number of benzene rings is 1. The van der Waals surface area contributed by atoms with E-state index in [2.05, 4.69) is 0 Å². The summed E-state index contributed by atoms with van der Waals surface area (Å²) in [5, 5.41) is 9.27. The van der Waals surface area contributed by atoms with Gasteiger partial charge < -0.3 is 14.7 Å². The van der Waals surface area contributed by atoms with Gasteiger partial charge in [-0.1, -0.05) is 12.1 Å². The van der Waals surface area contributed by atoms with E-state index in [9.17, 15) is 14.7 Å². The van der Waals surface area contributed by atoms with E-state index in [1.807, 2.05) is 38.1 Å². The van der Waals surface area contributed by atoms with E-state index in [1.165, 1.54) is 0 Å². The molecule has 120 valence electrons. The summed E-state index contributed by atoms with van der Waals surface area (Å²) < 4.78 is 5.12. The van der Waals surface area contributed by atoms with Crippen molar-refractivity contribution in [2.45, 2.75) is 38.6 Å². The zero-order valence-electron chi connectivity index (χ0n) is 13.3. The van der Waals surface area contributed by atoms with Crippen LogP contribution in [0.15, 0.2) is 24.3 Å². The predicted octanol–water partition coefficient (Wildman–Crippen LogP) is 2.51. The lowest BCUT2D eigenvalue weighted by Crippen LogP contribution is -2.50. The topological polar surface area (TPSA) is 66.8 Å². The molecule has 3 atom stereocenters. The average Bonchev–Trinajstić information content (AvgIpc) is 2.53. The number of rotatable bonds is 4. The molecule has 0 radical (unpaired) electrons. The van der Waals surface area contributed by atoms with Crippen molar-refractivity contribution in [1.82, 2.24) is 4.90 Å². The lowest BCUT2D eigenvalue weighted by Gasteiger charge is -2.39. The summed E-state index contributed by atoms with van der Waals surface area (Å²) in [5.74, 6) is -0.840. The van der Waals surface area contributed by atoms with Crippen LogP contribution in [0, 0.1) is 5.92 Å². The predicted molar refractivity (Wildman–Crippen MR) is 82.9 cm³/mol. The summed E-state index contributed by atoms with van der Waals surface area (Å²) in [6.45, 7) is 4.32. The van der Waals surface area contributed by atoms with Crippen LogP contribution in [0.1, 0.15) is 38.2 Å². The van der Waals surface area contributed by atoms with Gasteiger partial charge in [0.1, 0.15) is 5.75 Å². The molecular formula is C17H23NO4. The molecule has 1 aliphatic heterocycles. The minimum atomic E-state index is -0.817. The van der Waals surface area contributed by atoms with Crippen molar-refractivity contribution >= 4 is 11.9 Å². The summed E-state index contributed by atoms with van der Waals surface area (Å²) in [6, 6.07) is 7.16. The van der Waals surface area contributed by atoms with Crippen LogP contribution in [-0.2, 0) is 9.59 Å². The Morgan fingerprint density at radius 1 is 1.32 bits per heavy atom. The molecule has 0 spiro atoms. The molecule has 1 unspecified atom stereocenters. The first-order chi connectivity index (χ1) is 10.5. The molecule has 5 heteroatoms. The third-order valence-corrected chi connectivity index (χ3v) is 4.57. The Labute approximate surface area is 130 Å². The molecule has 1 N–H and O–H groups in total. The Hall–Kier alpha value is -2.04. The van der Waals surface area contributed by atoms with Crippen LogP contribution in [0.25, 0.3) is 0 Å². The molecule has 1 aliphatic rings. The quantitative estimate of drug-likeness (QED) is 0.928. The molecule has 1 saturated heterocycles. The maximum atomic E-state index is 12.7. The fourth-order valence-corrected chi connectivity index (χ4v) is 3.07. The molecule has 0 bridgehead atoms. The van der Waals surface area contributed by atoms with Gasteiger partial charge in [-0.05, 0) is 44.4 Å². The van der Waals surface area contributed by atoms with Gasteiger partial charge in [-0.25, -0.2) is 0 Å². The van der Waals surface area contributed by atoms with Gasteiger partial charge in [-0.15, -0.1) is 0 Å². The Morgan fingerprint density at radius 2 is 1.95 bits per heavy atom. The number of carboxylic acids is 1. The molecule has 1 aromatic carbocycles. The van der Waals surface area contributed by atoms with Crippen molar-refractivity contribution in [3.8, 4) is 5.75 Å². The van der Waals surface area contributed by atoms with E-state index in [-0.39, 0.29) is 17.9 Å². The zero-order chi connectivity index (χ0) is 16.3. The first-order valence-electron chi connectivity index (χ1n) is 7.63. The van der Waals surface area contributed by atoms with E-state index < -0.39 is 11.9 Å². The molecule has 1 amide bonds. The van der Waals surface area contributed by atoms with Crippen LogP contribution in [0.4, 0.5) is 0 Å². The molecule has 0 aromatic heterocycles. The van der Waals surface area contributed by atoms with Crippen LogP contribution in [0.2, 0.25) is 0 Å². The van der Waals surface area contributed by atoms with E-state index in [0.29, 0.717) is 13.0 Å². The SMILES string of the molecule is COc1ccc(C(C)C(=O)N2CCC[C@H](C(=O)O)[C@@H]2C)cc1. The number of methoxy groups -OCH3 is 1. The number of nitrogens with zero attached hydrogens (tertiary/aromatic N) is 1. The maximum Gasteiger partial charge on any atom is 0.308 e. The van der Waals surface area contributed by atoms with Crippen LogP contribution in [0.3, 0.4) is 0 Å². The lowest BCUT2D eigenvalue weighted by molar-refractivity contribution is -0.149. The van der Waals surface area contributed by atoms with E-state index in [1.54, 1.807) is 12.0 Å². The highest BCUT2D eigenvalue weighted by Gasteiger charge is 2.36. The first-order valence-corrected chi connectivity index (χ1v) is 7.63. The molecule has 0 saturated carbocycles. The number of carbonyl (C=O) groups is 2. The van der Waals surface area contributed by atoms with E-state index >= 15 is 0 Å². The van der Waals surface area contributed by atoms with Gasteiger partial charge in [0.25, 0.3) is 0 Å². The Balaban J connectivity index is 2.13. The van der Waals surface area contributed by atoms with Crippen LogP contribution in [0.5, 0.6) is 5.75 Å². The number of hydrogen-bond acceptors (Lipinski definition) is 3. The second-order valence-electron chi connectivity index (χ2n) is 5.85. The van der Waals surface area contributed by atoms with Gasteiger partial charge in [-0.3, -0.25) is 9.59 Å². The number of carboxylic acid groups (broad SMARTS) is 1. The highest BCUT2D eigenvalue weighted by atomic mass is 16.5. The summed E-state index contributed by atoms with van der Waals surface area (Å²) in [7, 11) is 1.60. The number of piperidine rings is 1. The number of amides is 1. The van der Waals surface area contributed by atoms with Gasteiger partial charge >= 0.3 is 5.97 Å². The lowest BCUT2D eigenvalue weighted by atomic mass is 9.88. The Kier molecular flexibility index (Phi) is 5.06. The second kappa shape index (κ2) is 6.81. The van der Waals surface area contributed by atoms with Crippen LogP contribution < -0.4 is 4.74 Å². The standard InChI is InChI=1S/C17H23NO4/c1-11(13-6-8-14(22-3)9-7-13)16(19)18-10-4-5-15(12(18)2)17(20)21/h6-9,11-12,15H,4-5,10H2,1-3H3,(H,20,21)/t11?,12-,15-/m0/s1. The normalized spacial score (nSPS) is 23.0. The molecule has 1 heterocycles. The van der Waals surface area contributed by atoms with E-state index in [0.717, 1.165) is 17.7 Å². The maximum absolute atomic E-state index is 12.7. The van der Waals surface area contributed by atoms with Crippen molar-refractivity contribution in [3.63, 3.8) is 0 Å². The fraction of sp³-hybridized carbons (Fsp3) is 0.529. The number of likely N-dealkylation sites (tertiary alicyclic amines) is 1. The third-order valence-electron chi connectivity index (χ3n) is 4.57. The number of carbonyl (C=O) groups excluding carboxylic acids is 1. The smallest absolute Gasteiger partial charge is 0.308 e. The van der Waals surface area contributed by atoms with Gasteiger partial charge in [0, 0.05) is 12.6 Å². The number of hydrogen-bond donors (Lipinski definition) is 1. The van der Waals surface area contributed by atoms with E-state index in [4.69, 9.17) is 4.74 Å². The first kappa shape index (κ1) is 16.3. The van der Waals surface area contributed by atoms with Gasteiger partial charge in [0.15, 0.2) is 0 Å².